The maximum atomic E-state index is 13.1. The molecule has 0 saturated heterocycles. The zero-order valence-corrected chi connectivity index (χ0v) is 18.6. The molecule has 2 aromatic rings. The normalized spacial score (nSPS) is 20.3. The molecule has 1 amide bonds. The van der Waals surface area contributed by atoms with E-state index in [9.17, 15) is 18.0 Å². The molecule has 0 bridgehead atoms. The fraction of sp³-hybridized carbons (Fsp3) is 0.500. The van der Waals surface area contributed by atoms with Crippen molar-refractivity contribution in [3.05, 3.63) is 64.7 Å². The average Bonchev–Trinajstić information content (AvgIpc) is 2.74. The fourth-order valence-corrected chi connectivity index (χ4v) is 4.83. The van der Waals surface area contributed by atoms with E-state index < -0.39 is 17.6 Å². The molecule has 1 fully saturated rings. The summed E-state index contributed by atoms with van der Waals surface area (Å²) in [5.41, 5.74) is 1.24. The molecule has 1 N–H and O–H groups in total. The number of amides is 1. The summed E-state index contributed by atoms with van der Waals surface area (Å²) in [5, 5.41) is 2.59. The molecule has 0 heterocycles. The molecule has 1 saturated carbocycles. The van der Waals surface area contributed by atoms with Gasteiger partial charge in [0.25, 0.3) is 5.91 Å². The third-order valence-corrected chi connectivity index (χ3v) is 6.77. The minimum absolute atomic E-state index is 0.133. The minimum atomic E-state index is -4.44. The molecular formula is C26H32F3NO. The zero-order chi connectivity index (χ0) is 22.6. The number of hydrogen-bond donors (Lipinski definition) is 1. The van der Waals surface area contributed by atoms with E-state index in [4.69, 9.17) is 0 Å². The van der Waals surface area contributed by atoms with Crippen molar-refractivity contribution in [1.82, 2.24) is 0 Å². The predicted octanol–water partition coefficient (Wildman–Crippen LogP) is 7.98. The molecule has 1 aliphatic carbocycles. The van der Waals surface area contributed by atoms with Gasteiger partial charge in [0.2, 0.25) is 0 Å². The Labute approximate surface area is 183 Å². The summed E-state index contributed by atoms with van der Waals surface area (Å²) < 4.78 is 39.3. The van der Waals surface area contributed by atoms with Gasteiger partial charge in [0, 0.05) is 11.3 Å². The zero-order valence-electron chi connectivity index (χ0n) is 18.6. The Balaban J connectivity index is 1.61. The maximum Gasteiger partial charge on any atom is 0.416 e. The van der Waals surface area contributed by atoms with Gasteiger partial charge in [-0.2, -0.15) is 13.2 Å². The summed E-state index contributed by atoms with van der Waals surface area (Å²) >= 11 is 0. The van der Waals surface area contributed by atoms with Gasteiger partial charge in [-0.3, -0.25) is 4.79 Å². The highest BCUT2D eigenvalue weighted by Gasteiger charge is 2.32. The van der Waals surface area contributed by atoms with Crippen LogP contribution in [0.4, 0.5) is 18.9 Å². The van der Waals surface area contributed by atoms with Crippen molar-refractivity contribution in [1.29, 1.82) is 0 Å². The molecule has 0 aromatic heterocycles. The summed E-state index contributed by atoms with van der Waals surface area (Å²) in [6.07, 6.45) is 2.95. The summed E-state index contributed by atoms with van der Waals surface area (Å²) in [7, 11) is 0. The first kappa shape index (κ1) is 23.4. The molecule has 1 atom stereocenters. The van der Waals surface area contributed by atoms with Crippen LogP contribution < -0.4 is 5.32 Å². The van der Waals surface area contributed by atoms with E-state index in [2.05, 4.69) is 19.2 Å². The van der Waals surface area contributed by atoms with E-state index >= 15 is 0 Å². The molecule has 0 spiro atoms. The van der Waals surface area contributed by atoms with Gasteiger partial charge in [0.15, 0.2) is 0 Å². The molecule has 2 aromatic carbocycles. The van der Waals surface area contributed by atoms with Gasteiger partial charge in [-0.15, -0.1) is 0 Å². The van der Waals surface area contributed by atoms with Gasteiger partial charge >= 0.3 is 6.18 Å². The number of benzene rings is 2. The highest BCUT2D eigenvalue weighted by Crippen LogP contribution is 2.40. The van der Waals surface area contributed by atoms with Crippen molar-refractivity contribution < 1.29 is 18.0 Å². The van der Waals surface area contributed by atoms with Gasteiger partial charge in [0.05, 0.1) is 5.56 Å². The Morgan fingerprint density at radius 3 is 2.29 bits per heavy atom. The summed E-state index contributed by atoms with van der Waals surface area (Å²) in [5.74, 6) is 1.73. The number of carbonyl (C=O) groups is 1. The lowest BCUT2D eigenvalue weighted by molar-refractivity contribution is -0.138. The fourth-order valence-electron chi connectivity index (χ4n) is 4.83. The maximum absolute atomic E-state index is 13.1. The van der Waals surface area contributed by atoms with Crippen LogP contribution in [0.1, 0.15) is 85.3 Å². The number of alkyl halides is 3. The first-order chi connectivity index (χ1) is 14.7. The Morgan fingerprint density at radius 1 is 1.06 bits per heavy atom. The summed E-state index contributed by atoms with van der Waals surface area (Å²) in [4.78, 5) is 12.5. The number of rotatable bonds is 6. The summed E-state index contributed by atoms with van der Waals surface area (Å²) in [6.45, 7) is 6.02. The van der Waals surface area contributed by atoms with Crippen molar-refractivity contribution in [2.75, 3.05) is 5.32 Å². The lowest BCUT2D eigenvalue weighted by Crippen LogP contribution is -2.19. The first-order valence-corrected chi connectivity index (χ1v) is 11.3. The van der Waals surface area contributed by atoms with Gasteiger partial charge in [-0.25, -0.2) is 0 Å². The first-order valence-electron chi connectivity index (χ1n) is 11.3. The highest BCUT2D eigenvalue weighted by molar-refractivity contribution is 6.04. The second-order valence-corrected chi connectivity index (χ2v) is 8.98. The Morgan fingerprint density at radius 2 is 1.71 bits per heavy atom. The van der Waals surface area contributed by atoms with Crippen molar-refractivity contribution in [2.24, 2.45) is 11.8 Å². The van der Waals surface area contributed by atoms with Crippen LogP contribution in [0.15, 0.2) is 42.5 Å². The van der Waals surface area contributed by atoms with Crippen LogP contribution in [-0.2, 0) is 6.18 Å². The van der Waals surface area contributed by atoms with E-state index in [1.165, 1.54) is 63.1 Å². The molecule has 1 aliphatic rings. The minimum Gasteiger partial charge on any atom is -0.322 e. The third-order valence-electron chi connectivity index (χ3n) is 6.77. The van der Waals surface area contributed by atoms with Gasteiger partial charge in [-0.05, 0) is 85.8 Å². The molecule has 1 unspecified atom stereocenters. The number of carbonyl (C=O) groups excluding carboxylic acids is 1. The number of aryl methyl sites for hydroxylation is 1. The standard InChI is InChI=1S/C26H32F3NO/c1-4-5-17(2)19-7-9-20(10-8-19)21-11-13-22(14-12-21)25(31)30-23-15-6-18(3)24(16-23)26(27,28)29/h6,11-17,19-20H,4-5,7-10H2,1-3H3,(H,30,31). The number of nitrogens with one attached hydrogen (secondary N) is 1. The topological polar surface area (TPSA) is 29.1 Å². The van der Waals surface area contributed by atoms with E-state index in [-0.39, 0.29) is 11.3 Å². The number of anilines is 1. The second kappa shape index (κ2) is 9.88. The third kappa shape index (κ3) is 5.90. The van der Waals surface area contributed by atoms with Crippen molar-refractivity contribution in [3.63, 3.8) is 0 Å². The lowest BCUT2D eigenvalue weighted by atomic mass is 9.73. The van der Waals surface area contributed by atoms with E-state index in [1.807, 2.05) is 12.1 Å². The van der Waals surface area contributed by atoms with Crippen LogP contribution in [-0.4, -0.2) is 5.91 Å². The summed E-state index contributed by atoms with van der Waals surface area (Å²) in [6, 6.07) is 11.4. The van der Waals surface area contributed by atoms with Crippen molar-refractivity contribution >= 4 is 11.6 Å². The number of halogens is 3. The molecule has 3 rings (SSSR count). The smallest absolute Gasteiger partial charge is 0.322 e. The molecule has 5 heteroatoms. The monoisotopic (exact) mass is 431 g/mol. The highest BCUT2D eigenvalue weighted by atomic mass is 19.4. The number of hydrogen-bond acceptors (Lipinski definition) is 1. The quantitative estimate of drug-likeness (QED) is 0.493. The van der Waals surface area contributed by atoms with E-state index in [0.29, 0.717) is 11.5 Å². The Kier molecular flexibility index (Phi) is 7.45. The van der Waals surface area contributed by atoms with Gasteiger partial charge in [-0.1, -0.05) is 44.9 Å². The molecular weight excluding hydrogens is 399 g/mol. The van der Waals surface area contributed by atoms with Crippen LogP contribution in [0, 0.1) is 18.8 Å². The van der Waals surface area contributed by atoms with Crippen LogP contribution in [0.2, 0.25) is 0 Å². The molecule has 0 aliphatic heterocycles. The van der Waals surface area contributed by atoms with Crippen molar-refractivity contribution in [2.45, 2.75) is 71.4 Å². The largest absolute Gasteiger partial charge is 0.416 e. The Hall–Kier alpha value is -2.30. The van der Waals surface area contributed by atoms with Crippen LogP contribution >= 0.6 is 0 Å². The Bertz CT molecular complexity index is 881. The van der Waals surface area contributed by atoms with E-state index in [1.54, 1.807) is 12.1 Å². The van der Waals surface area contributed by atoms with Gasteiger partial charge < -0.3 is 5.32 Å². The molecule has 168 valence electrons. The molecule has 31 heavy (non-hydrogen) atoms. The second-order valence-electron chi connectivity index (χ2n) is 8.98. The average molecular weight is 432 g/mol. The SMILES string of the molecule is CCCC(C)C1CCC(c2ccc(C(=O)Nc3ccc(C)c(C(F)(F)F)c3)cc2)CC1. The molecule has 2 nitrogen and oxygen atoms in total. The lowest BCUT2D eigenvalue weighted by Gasteiger charge is -2.32. The predicted molar refractivity (Wildman–Crippen MR) is 119 cm³/mol. The van der Waals surface area contributed by atoms with E-state index in [0.717, 1.165) is 17.9 Å². The van der Waals surface area contributed by atoms with Gasteiger partial charge in [0.1, 0.15) is 0 Å². The molecule has 0 radical (unpaired) electrons. The van der Waals surface area contributed by atoms with Crippen LogP contribution in [0.5, 0.6) is 0 Å². The van der Waals surface area contributed by atoms with Crippen LogP contribution in [0.3, 0.4) is 0 Å². The van der Waals surface area contributed by atoms with Crippen LogP contribution in [0.25, 0.3) is 0 Å². The van der Waals surface area contributed by atoms with Crippen molar-refractivity contribution in [3.8, 4) is 0 Å².